The van der Waals surface area contributed by atoms with Gasteiger partial charge in [-0.1, -0.05) is 24.3 Å². The maximum absolute atomic E-state index is 10.7. The summed E-state index contributed by atoms with van der Waals surface area (Å²) in [7, 11) is 0. The van der Waals surface area contributed by atoms with E-state index in [1.807, 2.05) is 72.8 Å². The zero-order valence-electron chi connectivity index (χ0n) is 18.0. The first-order chi connectivity index (χ1) is 16.6. The van der Waals surface area contributed by atoms with Crippen LogP contribution in [0.2, 0.25) is 0 Å². The van der Waals surface area contributed by atoms with E-state index in [4.69, 9.17) is 9.47 Å². The largest absolute Gasteiger partial charge is 0.489 e. The predicted octanol–water partition coefficient (Wildman–Crippen LogP) is 6.58. The van der Waals surface area contributed by atoms with Crippen LogP contribution < -0.4 is 9.47 Å². The van der Waals surface area contributed by atoms with Gasteiger partial charge in [0.2, 0.25) is 0 Å². The minimum atomic E-state index is -0.441. The summed E-state index contributed by atoms with van der Waals surface area (Å²) in [5.74, 6) is 1.92. The number of hydrogen-bond acceptors (Lipinski definition) is 6. The molecule has 0 unspecified atom stereocenters. The molecule has 0 N–H and O–H groups in total. The molecule has 0 aliphatic carbocycles. The first-order valence-corrected chi connectivity index (χ1v) is 10.6. The second kappa shape index (κ2) is 9.38. The van der Waals surface area contributed by atoms with Gasteiger partial charge in [-0.2, -0.15) is 0 Å². The third kappa shape index (κ3) is 4.83. The Balaban J connectivity index is 1.19. The number of benzene rings is 4. The summed E-state index contributed by atoms with van der Waals surface area (Å²) in [6.07, 6.45) is 1.78. The Morgan fingerprint density at radius 1 is 0.735 bits per heavy atom. The number of non-ortho nitro benzene ring substituents is 1. The van der Waals surface area contributed by atoms with Crippen molar-refractivity contribution in [1.29, 1.82) is 0 Å². The van der Waals surface area contributed by atoms with Gasteiger partial charge in [-0.15, -0.1) is 0 Å². The predicted molar refractivity (Wildman–Crippen MR) is 129 cm³/mol. The highest BCUT2D eigenvalue weighted by atomic mass is 16.6. The summed E-state index contributed by atoms with van der Waals surface area (Å²) in [6.45, 7) is 0.410. The summed E-state index contributed by atoms with van der Waals surface area (Å²) in [6, 6.07) is 29.0. The number of hydrogen-bond donors (Lipinski definition) is 0. The van der Waals surface area contributed by atoms with E-state index in [1.165, 1.54) is 12.1 Å². The van der Waals surface area contributed by atoms with Crippen molar-refractivity contribution >= 4 is 16.7 Å². The minimum Gasteiger partial charge on any atom is -0.489 e. The molecule has 0 spiro atoms. The van der Waals surface area contributed by atoms with E-state index in [2.05, 4.69) is 9.97 Å². The quantitative estimate of drug-likeness (QED) is 0.206. The lowest BCUT2D eigenvalue weighted by molar-refractivity contribution is -0.384. The highest BCUT2D eigenvalue weighted by Crippen LogP contribution is 2.25. The van der Waals surface area contributed by atoms with Crippen molar-refractivity contribution in [3.8, 4) is 28.5 Å². The van der Waals surface area contributed by atoms with Crippen molar-refractivity contribution in [3.63, 3.8) is 0 Å². The molecule has 0 bridgehead atoms. The summed E-state index contributed by atoms with van der Waals surface area (Å²) < 4.78 is 11.6. The third-order valence-electron chi connectivity index (χ3n) is 5.21. The monoisotopic (exact) mass is 449 g/mol. The van der Waals surface area contributed by atoms with E-state index in [0.717, 1.165) is 33.6 Å². The van der Waals surface area contributed by atoms with Crippen molar-refractivity contribution < 1.29 is 14.4 Å². The van der Waals surface area contributed by atoms with Gasteiger partial charge in [0.1, 0.15) is 23.9 Å². The van der Waals surface area contributed by atoms with Gasteiger partial charge in [0.05, 0.1) is 27.8 Å². The van der Waals surface area contributed by atoms with Crippen LogP contribution in [0.1, 0.15) is 5.56 Å². The molecule has 0 aliphatic rings. The minimum absolute atomic E-state index is 0.0260. The Kier molecular flexibility index (Phi) is 5.82. The molecule has 5 aromatic rings. The summed E-state index contributed by atoms with van der Waals surface area (Å²) >= 11 is 0. The lowest BCUT2D eigenvalue weighted by Gasteiger charge is -2.09. The molecule has 0 saturated carbocycles. The van der Waals surface area contributed by atoms with Gasteiger partial charge in [0.25, 0.3) is 5.69 Å². The number of nitrogens with zero attached hydrogens (tertiary/aromatic N) is 3. The van der Waals surface area contributed by atoms with E-state index in [9.17, 15) is 10.1 Å². The topological polar surface area (TPSA) is 87.4 Å². The van der Waals surface area contributed by atoms with Gasteiger partial charge in [-0.3, -0.25) is 15.1 Å². The number of rotatable bonds is 7. The molecule has 0 fully saturated rings. The Morgan fingerprint density at radius 3 is 2.03 bits per heavy atom. The van der Waals surface area contributed by atoms with Gasteiger partial charge < -0.3 is 9.47 Å². The number of ether oxygens (including phenoxy) is 2. The Labute approximate surface area is 195 Å². The van der Waals surface area contributed by atoms with E-state index in [1.54, 1.807) is 18.3 Å². The van der Waals surface area contributed by atoms with Crippen LogP contribution in [-0.4, -0.2) is 14.9 Å². The van der Waals surface area contributed by atoms with Crippen LogP contribution in [0.5, 0.6) is 17.2 Å². The fourth-order valence-electron chi connectivity index (χ4n) is 3.41. The molecular formula is C27H19N3O4. The van der Waals surface area contributed by atoms with Crippen LogP contribution in [0.3, 0.4) is 0 Å². The summed E-state index contributed by atoms with van der Waals surface area (Å²) in [5, 5.41) is 10.7. The Hall–Kier alpha value is -4.78. The van der Waals surface area contributed by atoms with Crippen molar-refractivity contribution in [2.75, 3.05) is 0 Å². The number of fused-ring (bicyclic) bond motifs is 1. The molecule has 4 aromatic carbocycles. The molecule has 0 aliphatic heterocycles. The zero-order valence-corrected chi connectivity index (χ0v) is 18.0. The van der Waals surface area contributed by atoms with Crippen LogP contribution in [-0.2, 0) is 6.61 Å². The molecular weight excluding hydrogens is 430 g/mol. The molecule has 0 atom stereocenters. The van der Waals surface area contributed by atoms with Gasteiger partial charge >= 0.3 is 0 Å². The van der Waals surface area contributed by atoms with E-state index >= 15 is 0 Å². The average Bonchev–Trinajstić information content (AvgIpc) is 2.89. The van der Waals surface area contributed by atoms with Crippen LogP contribution >= 0.6 is 0 Å². The van der Waals surface area contributed by atoms with Crippen molar-refractivity contribution in [2.45, 2.75) is 6.61 Å². The SMILES string of the molecule is O=[N+]([O-])c1ccc(Oc2ccc(COc3ccc(-c4cnc5ccccc5n4)cc3)cc2)cc1. The number of nitro benzene ring substituents is 1. The molecule has 0 amide bonds. The highest BCUT2D eigenvalue weighted by molar-refractivity contribution is 5.76. The van der Waals surface area contributed by atoms with Gasteiger partial charge in [0.15, 0.2) is 0 Å². The van der Waals surface area contributed by atoms with E-state index < -0.39 is 4.92 Å². The molecule has 34 heavy (non-hydrogen) atoms. The molecule has 1 heterocycles. The maximum Gasteiger partial charge on any atom is 0.269 e. The van der Waals surface area contributed by atoms with E-state index in [0.29, 0.717) is 18.1 Å². The first-order valence-electron chi connectivity index (χ1n) is 10.6. The molecule has 1 aromatic heterocycles. The lowest BCUT2D eigenvalue weighted by atomic mass is 10.1. The van der Waals surface area contributed by atoms with Crippen LogP contribution in [0.25, 0.3) is 22.3 Å². The Morgan fingerprint density at radius 2 is 1.35 bits per heavy atom. The normalized spacial score (nSPS) is 10.7. The van der Waals surface area contributed by atoms with E-state index in [-0.39, 0.29) is 5.69 Å². The lowest BCUT2D eigenvalue weighted by Crippen LogP contribution is -1.95. The molecule has 5 rings (SSSR count). The van der Waals surface area contributed by atoms with Gasteiger partial charge in [-0.05, 0) is 66.2 Å². The molecule has 7 heteroatoms. The third-order valence-corrected chi connectivity index (χ3v) is 5.21. The van der Waals surface area contributed by atoms with Gasteiger partial charge in [0, 0.05) is 17.7 Å². The van der Waals surface area contributed by atoms with Crippen molar-refractivity contribution in [3.05, 3.63) is 119 Å². The average molecular weight is 449 g/mol. The first kappa shape index (κ1) is 21.1. The summed E-state index contributed by atoms with van der Waals surface area (Å²) in [5.41, 5.74) is 4.53. The second-order valence-electron chi connectivity index (χ2n) is 7.55. The van der Waals surface area contributed by atoms with Crippen LogP contribution in [0.15, 0.2) is 103 Å². The van der Waals surface area contributed by atoms with Crippen molar-refractivity contribution in [2.24, 2.45) is 0 Å². The molecule has 7 nitrogen and oxygen atoms in total. The van der Waals surface area contributed by atoms with Crippen LogP contribution in [0.4, 0.5) is 5.69 Å². The molecule has 0 radical (unpaired) electrons. The van der Waals surface area contributed by atoms with Gasteiger partial charge in [-0.25, -0.2) is 4.98 Å². The zero-order chi connectivity index (χ0) is 23.3. The van der Waals surface area contributed by atoms with Crippen LogP contribution in [0, 0.1) is 10.1 Å². The number of aromatic nitrogens is 2. The fraction of sp³-hybridized carbons (Fsp3) is 0.0370. The second-order valence-corrected chi connectivity index (χ2v) is 7.55. The number of nitro groups is 1. The number of para-hydroxylation sites is 2. The fourth-order valence-corrected chi connectivity index (χ4v) is 3.41. The standard InChI is InChI=1S/C27H19N3O4/c31-30(32)21-9-15-24(16-10-21)34-23-11-5-19(6-12-23)18-33-22-13-7-20(8-14-22)27-17-28-25-3-1-2-4-26(25)29-27/h1-17H,18H2. The molecule has 166 valence electrons. The smallest absolute Gasteiger partial charge is 0.269 e. The molecule has 0 saturated heterocycles. The highest BCUT2D eigenvalue weighted by Gasteiger charge is 2.06. The maximum atomic E-state index is 10.7. The van der Waals surface area contributed by atoms with Crippen molar-refractivity contribution in [1.82, 2.24) is 9.97 Å². The summed E-state index contributed by atoms with van der Waals surface area (Å²) in [4.78, 5) is 19.4. The Bertz CT molecular complexity index is 1430.